The molecule has 50 valence electrons. The maximum absolute atomic E-state index is 4.13. The third-order valence-corrected chi connectivity index (χ3v) is 1.65. The first-order valence-corrected chi connectivity index (χ1v) is 3.24. The topological polar surface area (TPSA) is 30.7 Å². The third-order valence-electron chi connectivity index (χ3n) is 1.33. The zero-order chi connectivity index (χ0) is 6.97. The maximum atomic E-state index is 4.13. The molecule has 0 fully saturated rings. The number of imidazole rings is 1. The molecule has 3 nitrogen and oxygen atoms in total. The zero-order valence-corrected chi connectivity index (χ0v) is 5.99. The Balaban J connectivity index is 2.93. The van der Waals surface area contributed by atoms with E-state index in [0.29, 0.717) is 0 Å². The molecule has 0 aliphatic heterocycles. The van der Waals surface area contributed by atoms with E-state index in [1.807, 2.05) is 6.07 Å². The molecule has 4 heteroatoms. The van der Waals surface area contributed by atoms with Crippen molar-refractivity contribution in [3.63, 3.8) is 0 Å². The molecule has 0 aromatic carbocycles. The first-order valence-electron chi connectivity index (χ1n) is 2.84. The number of hydrogen-bond donors (Lipinski definition) is 1. The van der Waals surface area contributed by atoms with E-state index in [2.05, 4.69) is 22.8 Å². The third kappa shape index (κ3) is 0.690. The van der Waals surface area contributed by atoms with Gasteiger partial charge in [-0.15, -0.1) is 0 Å². The maximum Gasteiger partial charge on any atom is 0.108 e. The highest BCUT2D eigenvalue weighted by atomic mass is 32.1. The molecule has 2 aromatic heterocycles. The van der Waals surface area contributed by atoms with Crippen LogP contribution in [0.1, 0.15) is 0 Å². The van der Waals surface area contributed by atoms with Crippen LogP contribution in [0.15, 0.2) is 24.8 Å². The first kappa shape index (κ1) is 5.73. The van der Waals surface area contributed by atoms with Crippen LogP contribution in [0.3, 0.4) is 0 Å². The summed E-state index contributed by atoms with van der Waals surface area (Å²) in [6.07, 6.45) is 5.08. The summed E-state index contributed by atoms with van der Waals surface area (Å²) in [5.41, 5.74) is 1.86. The molecule has 0 saturated heterocycles. The Morgan fingerprint density at radius 3 is 3.20 bits per heavy atom. The van der Waals surface area contributed by atoms with Gasteiger partial charge < -0.3 is 0 Å². The van der Waals surface area contributed by atoms with E-state index >= 15 is 0 Å². The van der Waals surface area contributed by atoms with Gasteiger partial charge in [0.25, 0.3) is 0 Å². The summed E-state index contributed by atoms with van der Waals surface area (Å²) >= 11 is 4.13. The fourth-order valence-electron chi connectivity index (χ4n) is 0.851. The van der Waals surface area contributed by atoms with Crippen molar-refractivity contribution in [2.45, 2.75) is 0 Å². The summed E-state index contributed by atoms with van der Waals surface area (Å²) in [6.45, 7) is 0. The van der Waals surface area contributed by atoms with Crippen molar-refractivity contribution in [1.82, 2.24) is 13.9 Å². The average Bonchev–Trinajstić information content (AvgIpc) is 2.34. The lowest BCUT2D eigenvalue weighted by atomic mass is 10.4. The van der Waals surface area contributed by atoms with Gasteiger partial charge in [0.15, 0.2) is 0 Å². The number of hydrogen-bond acceptors (Lipinski definition) is 3. The van der Waals surface area contributed by atoms with Crippen molar-refractivity contribution in [2.24, 2.45) is 0 Å². The van der Waals surface area contributed by atoms with E-state index in [1.54, 1.807) is 22.7 Å². The van der Waals surface area contributed by atoms with Gasteiger partial charge in [-0.3, -0.25) is 8.96 Å². The molecule has 0 unspecified atom stereocenters. The minimum atomic E-state index is 0.873. The number of thiol groups is 1. The van der Waals surface area contributed by atoms with Gasteiger partial charge in [0.1, 0.15) is 11.8 Å². The Labute approximate surface area is 63.3 Å². The predicted octanol–water partition coefficient (Wildman–Crippen LogP) is 1.12. The standard InChI is InChI=1S/C6H5N3S/c10-9-4-8-5-3-7-2-1-6(5)9/h1-4,10H. The fourth-order valence-corrected chi connectivity index (χ4v) is 1.07. The molecule has 2 rings (SSSR count). The Hall–Kier alpha value is -1.03. The average molecular weight is 151 g/mol. The van der Waals surface area contributed by atoms with Gasteiger partial charge in [0, 0.05) is 6.20 Å². The molecule has 0 aliphatic carbocycles. The van der Waals surface area contributed by atoms with Gasteiger partial charge in [0.2, 0.25) is 0 Å². The lowest BCUT2D eigenvalue weighted by molar-refractivity contribution is 1.28. The highest BCUT2D eigenvalue weighted by Crippen LogP contribution is 2.09. The van der Waals surface area contributed by atoms with Gasteiger partial charge in [-0.25, -0.2) is 4.98 Å². The summed E-state index contributed by atoms with van der Waals surface area (Å²) in [7, 11) is 0. The van der Waals surface area contributed by atoms with Gasteiger partial charge in [-0.2, -0.15) is 0 Å². The molecule has 0 atom stereocenters. The molecule has 0 bridgehead atoms. The van der Waals surface area contributed by atoms with E-state index in [4.69, 9.17) is 0 Å². The SMILES string of the molecule is Sn1cnc2cnccc21. The second kappa shape index (κ2) is 1.98. The van der Waals surface area contributed by atoms with Crippen molar-refractivity contribution in [3.05, 3.63) is 24.8 Å². The monoisotopic (exact) mass is 151 g/mol. The van der Waals surface area contributed by atoms with Crippen molar-refractivity contribution >= 4 is 23.8 Å². The molecule has 2 aromatic rings. The highest BCUT2D eigenvalue weighted by molar-refractivity contribution is 7.78. The summed E-state index contributed by atoms with van der Waals surface area (Å²) < 4.78 is 1.66. The van der Waals surface area contributed by atoms with Crippen LogP contribution >= 0.6 is 12.8 Å². The number of rotatable bonds is 0. The predicted molar refractivity (Wildman–Crippen MR) is 41.9 cm³/mol. The quantitative estimate of drug-likeness (QED) is 0.572. The van der Waals surface area contributed by atoms with Crippen LogP contribution < -0.4 is 0 Å². The van der Waals surface area contributed by atoms with Crippen LogP contribution in [-0.2, 0) is 0 Å². The van der Waals surface area contributed by atoms with E-state index in [1.165, 1.54) is 0 Å². The molecule has 0 saturated carbocycles. The van der Waals surface area contributed by atoms with Crippen LogP contribution in [0.4, 0.5) is 0 Å². The van der Waals surface area contributed by atoms with Crippen LogP contribution in [0.5, 0.6) is 0 Å². The van der Waals surface area contributed by atoms with Gasteiger partial charge in [-0.05, 0) is 6.07 Å². The summed E-state index contributed by atoms with van der Waals surface area (Å²) in [5.74, 6) is 0. The van der Waals surface area contributed by atoms with E-state index in [9.17, 15) is 0 Å². The summed E-state index contributed by atoms with van der Waals surface area (Å²) in [5, 5.41) is 0. The molecule has 0 N–H and O–H groups in total. The van der Waals surface area contributed by atoms with Gasteiger partial charge in [-0.1, -0.05) is 12.8 Å². The van der Waals surface area contributed by atoms with Gasteiger partial charge >= 0.3 is 0 Å². The van der Waals surface area contributed by atoms with Crippen molar-refractivity contribution in [1.29, 1.82) is 0 Å². The Morgan fingerprint density at radius 1 is 1.50 bits per heavy atom. The van der Waals surface area contributed by atoms with E-state index in [0.717, 1.165) is 11.0 Å². The second-order valence-electron chi connectivity index (χ2n) is 1.95. The Morgan fingerprint density at radius 2 is 2.40 bits per heavy atom. The molecule has 0 spiro atoms. The number of aromatic nitrogens is 3. The van der Waals surface area contributed by atoms with Crippen LogP contribution in [0.2, 0.25) is 0 Å². The summed E-state index contributed by atoms with van der Waals surface area (Å²) in [6, 6.07) is 1.87. The second-order valence-corrected chi connectivity index (χ2v) is 2.38. The molecule has 2 heterocycles. The molecule has 10 heavy (non-hydrogen) atoms. The normalized spacial score (nSPS) is 10.5. The number of pyridine rings is 1. The van der Waals surface area contributed by atoms with Gasteiger partial charge in [0.05, 0.1) is 11.7 Å². The molecule has 0 amide bonds. The highest BCUT2D eigenvalue weighted by Gasteiger charge is 1.95. The Kier molecular flexibility index (Phi) is 1.14. The molecule has 0 radical (unpaired) electrons. The first-order chi connectivity index (χ1) is 4.88. The van der Waals surface area contributed by atoms with Crippen molar-refractivity contribution in [2.75, 3.05) is 0 Å². The molecular formula is C6H5N3S. The van der Waals surface area contributed by atoms with Crippen LogP contribution in [0.25, 0.3) is 11.0 Å². The lowest BCUT2D eigenvalue weighted by Crippen LogP contribution is -1.75. The molecule has 0 aliphatic rings. The summed E-state index contributed by atoms with van der Waals surface area (Å²) in [4.78, 5) is 7.96. The minimum Gasteiger partial charge on any atom is -0.275 e. The smallest absolute Gasteiger partial charge is 0.108 e. The van der Waals surface area contributed by atoms with E-state index < -0.39 is 0 Å². The lowest BCUT2D eigenvalue weighted by Gasteiger charge is -1.88. The van der Waals surface area contributed by atoms with Crippen LogP contribution in [-0.4, -0.2) is 13.9 Å². The number of fused-ring (bicyclic) bond motifs is 1. The molecular weight excluding hydrogens is 146 g/mol. The largest absolute Gasteiger partial charge is 0.275 e. The Bertz CT molecular complexity index is 355. The fraction of sp³-hybridized carbons (Fsp3) is 0. The minimum absolute atomic E-state index is 0.873. The zero-order valence-electron chi connectivity index (χ0n) is 5.10. The van der Waals surface area contributed by atoms with Crippen LogP contribution in [0, 0.1) is 0 Å². The van der Waals surface area contributed by atoms with E-state index in [-0.39, 0.29) is 0 Å². The van der Waals surface area contributed by atoms with Crippen molar-refractivity contribution in [3.8, 4) is 0 Å². The van der Waals surface area contributed by atoms with Crippen molar-refractivity contribution < 1.29 is 0 Å². The number of nitrogens with zero attached hydrogens (tertiary/aromatic N) is 3.